The van der Waals surface area contributed by atoms with Crippen molar-refractivity contribution in [2.75, 3.05) is 19.6 Å². The van der Waals surface area contributed by atoms with E-state index in [2.05, 4.69) is 27.8 Å². The third kappa shape index (κ3) is 3.92. The van der Waals surface area contributed by atoms with Crippen molar-refractivity contribution in [3.8, 4) is 0 Å². The van der Waals surface area contributed by atoms with E-state index in [1.165, 1.54) is 18.8 Å². The van der Waals surface area contributed by atoms with E-state index in [1.54, 1.807) is 6.07 Å². The lowest BCUT2D eigenvalue weighted by Crippen LogP contribution is -2.45. The molecule has 1 aromatic heterocycles. The SMILES string of the molecule is CC1(CNC(=O)c2ccnnc2)CCCNC1.Cl. The molecule has 1 aliphatic heterocycles. The summed E-state index contributed by atoms with van der Waals surface area (Å²) in [6.07, 6.45) is 5.33. The van der Waals surface area contributed by atoms with Gasteiger partial charge in [-0.3, -0.25) is 4.79 Å². The number of rotatable bonds is 3. The van der Waals surface area contributed by atoms with Crippen LogP contribution in [0.1, 0.15) is 30.1 Å². The second kappa shape index (κ2) is 6.66. The highest BCUT2D eigenvalue weighted by Gasteiger charge is 2.27. The number of piperidine rings is 1. The van der Waals surface area contributed by atoms with E-state index in [4.69, 9.17) is 0 Å². The Hall–Kier alpha value is -1.20. The van der Waals surface area contributed by atoms with Crippen molar-refractivity contribution < 1.29 is 4.79 Å². The number of hydrogen-bond acceptors (Lipinski definition) is 4. The standard InChI is InChI=1S/C12H18N4O.ClH/c1-12(4-2-5-13-8-12)9-14-11(17)10-3-6-15-16-7-10;/h3,6-7,13H,2,4-5,8-9H2,1H3,(H,14,17);1H. The van der Waals surface area contributed by atoms with Crippen LogP contribution < -0.4 is 10.6 Å². The van der Waals surface area contributed by atoms with Gasteiger partial charge < -0.3 is 10.6 Å². The van der Waals surface area contributed by atoms with Crippen LogP contribution >= 0.6 is 12.4 Å². The summed E-state index contributed by atoms with van der Waals surface area (Å²) in [6, 6.07) is 1.67. The van der Waals surface area contributed by atoms with Gasteiger partial charge in [-0.25, -0.2) is 0 Å². The molecule has 0 bridgehead atoms. The molecule has 0 aliphatic carbocycles. The number of nitrogens with one attached hydrogen (secondary N) is 2. The molecule has 18 heavy (non-hydrogen) atoms. The Morgan fingerprint density at radius 3 is 3.00 bits per heavy atom. The number of carbonyl (C=O) groups is 1. The van der Waals surface area contributed by atoms with Crippen molar-refractivity contribution in [1.29, 1.82) is 0 Å². The smallest absolute Gasteiger partial charge is 0.252 e. The van der Waals surface area contributed by atoms with Crippen LogP contribution in [0.5, 0.6) is 0 Å². The molecule has 1 fully saturated rings. The summed E-state index contributed by atoms with van der Waals surface area (Å²) in [6.45, 7) is 4.94. The highest BCUT2D eigenvalue weighted by atomic mass is 35.5. The first kappa shape index (κ1) is 14.9. The van der Waals surface area contributed by atoms with Crippen LogP contribution in [-0.4, -0.2) is 35.7 Å². The number of carbonyl (C=O) groups excluding carboxylic acids is 1. The fourth-order valence-corrected chi connectivity index (χ4v) is 2.09. The van der Waals surface area contributed by atoms with Crippen molar-refractivity contribution in [2.24, 2.45) is 5.41 Å². The molecule has 1 saturated heterocycles. The van der Waals surface area contributed by atoms with Crippen molar-refractivity contribution in [2.45, 2.75) is 19.8 Å². The second-order valence-corrected chi connectivity index (χ2v) is 4.90. The average Bonchev–Trinajstić information content (AvgIpc) is 2.38. The lowest BCUT2D eigenvalue weighted by atomic mass is 9.83. The summed E-state index contributed by atoms with van der Waals surface area (Å²) in [5.41, 5.74) is 0.723. The Balaban J connectivity index is 0.00000162. The maximum Gasteiger partial charge on any atom is 0.252 e. The third-order valence-electron chi connectivity index (χ3n) is 3.21. The van der Waals surface area contributed by atoms with E-state index in [0.717, 1.165) is 19.5 Å². The monoisotopic (exact) mass is 270 g/mol. The Kier molecular flexibility index (Phi) is 5.50. The first-order valence-corrected chi connectivity index (χ1v) is 5.95. The summed E-state index contributed by atoms with van der Waals surface area (Å²) in [5.74, 6) is -0.0771. The van der Waals surface area contributed by atoms with E-state index in [1.807, 2.05) is 0 Å². The maximum atomic E-state index is 11.8. The quantitative estimate of drug-likeness (QED) is 0.861. The van der Waals surface area contributed by atoms with Gasteiger partial charge in [0.15, 0.2) is 0 Å². The van der Waals surface area contributed by atoms with E-state index in [0.29, 0.717) is 12.1 Å². The van der Waals surface area contributed by atoms with Gasteiger partial charge in [0.2, 0.25) is 0 Å². The molecular formula is C12H19ClN4O. The summed E-state index contributed by atoms with van der Waals surface area (Å²) in [4.78, 5) is 11.8. The van der Waals surface area contributed by atoms with Crippen molar-refractivity contribution in [3.05, 3.63) is 24.0 Å². The second-order valence-electron chi connectivity index (χ2n) is 4.90. The lowest BCUT2D eigenvalue weighted by Gasteiger charge is -2.34. The summed E-state index contributed by atoms with van der Waals surface area (Å²) in [7, 11) is 0. The molecular weight excluding hydrogens is 252 g/mol. The minimum Gasteiger partial charge on any atom is -0.351 e. The van der Waals surface area contributed by atoms with Crippen LogP contribution in [0.3, 0.4) is 0 Å². The Labute approximate surface area is 113 Å². The normalized spacial score (nSPS) is 22.9. The van der Waals surface area contributed by atoms with Crippen molar-refractivity contribution in [3.63, 3.8) is 0 Å². The number of nitrogens with zero attached hydrogens (tertiary/aromatic N) is 2. The van der Waals surface area contributed by atoms with Gasteiger partial charge in [-0.1, -0.05) is 6.92 Å². The van der Waals surface area contributed by atoms with Gasteiger partial charge in [0.25, 0.3) is 5.91 Å². The van der Waals surface area contributed by atoms with Gasteiger partial charge in [-0.2, -0.15) is 10.2 Å². The van der Waals surface area contributed by atoms with Gasteiger partial charge in [0, 0.05) is 13.1 Å². The molecule has 0 saturated carbocycles. The van der Waals surface area contributed by atoms with Crippen molar-refractivity contribution >= 4 is 18.3 Å². The average molecular weight is 271 g/mol. The van der Waals surface area contributed by atoms with Gasteiger partial charge in [-0.05, 0) is 30.9 Å². The zero-order chi connectivity index (χ0) is 12.1. The molecule has 0 radical (unpaired) electrons. The highest BCUT2D eigenvalue weighted by Crippen LogP contribution is 2.24. The van der Waals surface area contributed by atoms with E-state index >= 15 is 0 Å². The molecule has 0 spiro atoms. The minimum absolute atomic E-state index is 0. The first-order chi connectivity index (χ1) is 8.20. The maximum absolute atomic E-state index is 11.8. The molecule has 1 unspecified atom stereocenters. The van der Waals surface area contributed by atoms with E-state index in [-0.39, 0.29) is 23.7 Å². The predicted molar refractivity (Wildman–Crippen MR) is 71.8 cm³/mol. The molecule has 2 N–H and O–H groups in total. The third-order valence-corrected chi connectivity index (χ3v) is 3.21. The van der Waals surface area contributed by atoms with Crippen LogP contribution in [0.25, 0.3) is 0 Å². The zero-order valence-electron chi connectivity index (χ0n) is 10.5. The van der Waals surface area contributed by atoms with Gasteiger partial charge in [0.1, 0.15) is 0 Å². The Morgan fingerprint density at radius 1 is 1.56 bits per heavy atom. The predicted octanol–water partition coefficient (Wildman–Crippen LogP) is 1.02. The van der Waals surface area contributed by atoms with Crippen LogP contribution in [0.15, 0.2) is 18.5 Å². The number of hydrogen-bond donors (Lipinski definition) is 2. The van der Waals surface area contributed by atoms with Crippen LogP contribution in [0.4, 0.5) is 0 Å². The van der Waals surface area contributed by atoms with E-state index < -0.39 is 0 Å². The molecule has 1 aromatic rings. The molecule has 2 rings (SSSR count). The van der Waals surface area contributed by atoms with Gasteiger partial charge >= 0.3 is 0 Å². The first-order valence-electron chi connectivity index (χ1n) is 5.95. The fraction of sp³-hybridized carbons (Fsp3) is 0.583. The van der Waals surface area contributed by atoms with Crippen LogP contribution in [-0.2, 0) is 0 Å². The molecule has 2 heterocycles. The fourth-order valence-electron chi connectivity index (χ4n) is 2.09. The van der Waals surface area contributed by atoms with Crippen LogP contribution in [0, 0.1) is 5.41 Å². The summed E-state index contributed by atoms with van der Waals surface area (Å²) in [5, 5.41) is 13.7. The minimum atomic E-state index is -0.0771. The summed E-state index contributed by atoms with van der Waals surface area (Å²) >= 11 is 0. The number of amides is 1. The molecule has 1 amide bonds. The number of aromatic nitrogens is 2. The Morgan fingerprint density at radius 2 is 2.39 bits per heavy atom. The van der Waals surface area contributed by atoms with E-state index in [9.17, 15) is 4.79 Å². The van der Waals surface area contributed by atoms with Crippen LogP contribution in [0.2, 0.25) is 0 Å². The molecule has 5 nitrogen and oxygen atoms in total. The van der Waals surface area contributed by atoms with Crippen molar-refractivity contribution in [1.82, 2.24) is 20.8 Å². The van der Waals surface area contributed by atoms with Gasteiger partial charge in [0.05, 0.1) is 18.0 Å². The molecule has 1 atom stereocenters. The zero-order valence-corrected chi connectivity index (χ0v) is 11.3. The molecule has 6 heteroatoms. The Bertz CT molecular complexity index is 379. The largest absolute Gasteiger partial charge is 0.351 e. The molecule has 1 aliphatic rings. The van der Waals surface area contributed by atoms with Gasteiger partial charge in [-0.15, -0.1) is 12.4 Å². The molecule has 0 aromatic carbocycles. The highest BCUT2D eigenvalue weighted by molar-refractivity contribution is 5.93. The number of halogens is 1. The lowest BCUT2D eigenvalue weighted by molar-refractivity contribution is 0.0924. The molecule has 100 valence electrons. The summed E-state index contributed by atoms with van der Waals surface area (Å²) < 4.78 is 0. The topological polar surface area (TPSA) is 66.9 Å².